The van der Waals surface area contributed by atoms with Gasteiger partial charge in [-0.15, -0.1) is 0 Å². The fourth-order valence-corrected chi connectivity index (χ4v) is 2.94. The van der Waals surface area contributed by atoms with Crippen LogP contribution in [0.4, 0.5) is 35.4 Å². The normalized spacial score (nSPS) is 14.3. The first-order valence-corrected chi connectivity index (χ1v) is 9.46. The highest BCUT2D eigenvalue weighted by Gasteiger charge is 2.33. The van der Waals surface area contributed by atoms with Crippen molar-refractivity contribution in [3.63, 3.8) is 0 Å². The van der Waals surface area contributed by atoms with Gasteiger partial charge in [0.15, 0.2) is 0 Å². The second kappa shape index (κ2) is 9.61. The van der Waals surface area contributed by atoms with Crippen molar-refractivity contribution in [1.29, 1.82) is 0 Å². The number of benzene rings is 1. The van der Waals surface area contributed by atoms with Gasteiger partial charge in [-0.3, -0.25) is 0 Å². The lowest BCUT2D eigenvalue weighted by molar-refractivity contribution is -0.136. The topological polar surface area (TPSA) is 91.4 Å². The van der Waals surface area contributed by atoms with Crippen LogP contribution in [0.5, 0.6) is 0 Å². The summed E-state index contributed by atoms with van der Waals surface area (Å²) in [6, 6.07) is 5.97. The van der Waals surface area contributed by atoms with E-state index in [2.05, 4.69) is 30.8 Å². The third-order valence-electron chi connectivity index (χ3n) is 4.35. The number of carbonyl (C=O) groups is 1. The molecule has 2 aromatic rings. The molecule has 162 valence electrons. The van der Waals surface area contributed by atoms with Crippen LogP contribution in [-0.2, 0) is 10.9 Å². The third-order valence-corrected chi connectivity index (χ3v) is 4.35. The molecule has 2 amide bonds. The predicted molar refractivity (Wildman–Crippen MR) is 107 cm³/mol. The number of para-hydroxylation sites is 1. The number of ether oxygens (including phenoxy) is 1. The summed E-state index contributed by atoms with van der Waals surface area (Å²) < 4.78 is 44.3. The van der Waals surface area contributed by atoms with Gasteiger partial charge < -0.3 is 25.6 Å². The van der Waals surface area contributed by atoms with Crippen molar-refractivity contribution < 1.29 is 22.7 Å². The Morgan fingerprint density at radius 3 is 2.63 bits per heavy atom. The molecule has 1 aromatic heterocycles. The van der Waals surface area contributed by atoms with Gasteiger partial charge in [-0.05, 0) is 19.1 Å². The maximum atomic E-state index is 13.0. The summed E-state index contributed by atoms with van der Waals surface area (Å²) in [6.45, 7) is 5.11. The van der Waals surface area contributed by atoms with Crippen molar-refractivity contribution in [2.75, 3.05) is 54.9 Å². The first-order chi connectivity index (χ1) is 14.3. The molecule has 1 aliphatic heterocycles. The highest BCUT2D eigenvalue weighted by molar-refractivity contribution is 5.90. The number of aryl methyl sites for hydroxylation is 1. The Morgan fingerprint density at radius 2 is 1.90 bits per heavy atom. The lowest BCUT2D eigenvalue weighted by Gasteiger charge is -2.28. The van der Waals surface area contributed by atoms with Crippen molar-refractivity contribution in [2.24, 2.45) is 0 Å². The molecule has 0 aliphatic carbocycles. The van der Waals surface area contributed by atoms with Crippen molar-refractivity contribution in [2.45, 2.75) is 13.1 Å². The van der Waals surface area contributed by atoms with Gasteiger partial charge in [-0.25, -0.2) is 9.78 Å². The molecule has 30 heavy (non-hydrogen) atoms. The van der Waals surface area contributed by atoms with E-state index in [1.807, 2.05) is 13.0 Å². The van der Waals surface area contributed by atoms with E-state index in [0.29, 0.717) is 25.7 Å². The zero-order valence-corrected chi connectivity index (χ0v) is 16.4. The van der Waals surface area contributed by atoms with Crippen LogP contribution < -0.4 is 20.9 Å². The number of hydrogen-bond acceptors (Lipinski definition) is 6. The van der Waals surface area contributed by atoms with Gasteiger partial charge in [-0.2, -0.15) is 18.2 Å². The first-order valence-electron chi connectivity index (χ1n) is 9.46. The molecule has 11 heteroatoms. The van der Waals surface area contributed by atoms with Gasteiger partial charge in [0.2, 0.25) is 5.95 Å². The zero-order chi connectivity index (χ0) is 21.6. The molecule has 1 saturated heterocycles. The number of halogens is 3. The van der Waals surface area contributed by atoms with E-state index in [1.165, 1.54) is 18.2 Å². The number of alkyl halides is 3. The summed E-state index contributed by atoms with van der Waals surface area (Å²) in [5.74, 6) is 1.21. The SMILES string of the molecule is Cc1cc(N2CCOCC2)nc(NCCNC(=O)Nc2ccccc2C(F)(F)F)n1. The number of morpholine rings is 1. The van der Waals surface area contributed by atoms with Crippen LogP contribution in [0.3, 0.4) is 0 Å². The summed E-state index contributed by atoms with van der Waals surface area (Å²) in [6.07, 6.45) is -4.55. The molecule has 3 N–H and O–H groups in total. The molecule has 0 atom stereocenters. The van der Waals surface area contributed by atoms with E-state index in [-0.39, 0.29) is 12.2 Å². The van der Waals surface area contributed by atoms with Gasteiger partial charge in [-0.1, -0.05) is 12.1 Å². The molecule has 0 saturated carbocycles. The number of nitrogens with one attached hydrogen (secondary N) is 3. The number of aromatic nitrogens is 2. The average molecular weight is 424 g/mol. The van der Waals surface area contributed by atoms with E-state index in [1.54, 1.807) is 0 Å². The highest BCUT2D eigenvalue weighted by Crippen LogP contribution is 2.34. The van der Waals surface area contributed by atoms with E-state index in [4.69, 9.17) is 4.74 Å². The summed E-state index contributed by atoms with van der Waals surface area (Å²) in [7, 11) is 0. The lowest BCUT2D eigenvalue weighted by atomic mass is 10.1. The van der Waals surface area contributed by atoms with E-state index in [9.17, 15) is 18.0 Å². The first kappa shape index (κ1) is 21.6. The number of carbonyl (C=O) groups excluding carboxylic acids is 1. The minimum atomic E-state index is -4.55. The molecule has 1 fully saturated rings. The molecule has 8 nitrogen and oxygen atoms in total. The molecule has 0 radical (unpaired) electrons. The zero-order valence-electron chi connectivity index (χ0n) is 16.4. The second-order valence-corrected chi connectivity index (χ2v) is 6.64. The molecular formula is C19H23F3N6O2. The molecule has 0 bridgehead atoms. The summed E-state index contributed by atoms with van der Waals surface area (Å²) in [4.78, 5) is 22.8. The minimum absolute atomic E-state index is 0.171. The summed E-state index contributed by atoms with van der Waals surface area (Å²) >= 11 is 0. The number of rotatable bonds is 6. The largest absolute Gasteiger partial charge is 0.418 e. The van der Waals surface area contributed by atoms with Gasteiger partial charge in [0.1, 0.15) is 5.82 Å². The number of hydrogen-bond donors (Lipinski definition) is 3. The molecule has 0 unspecified atom stereocenters. The van der Waals surface area contributed by atoms with Gasteiger partial charge in [0, 0.05) is 37.9 Å². The van der Waals surface area contributed by atoms with Crippen LogP contribution in [0.15, 0.2) is 30.3 Å². The smallest absolute Gasteiger partial charge is 0.378 e. The Bertz CT molecular complexity index is 872. The monoisotopic (exact) mass is 424 g/mol. The van der Waals surface area contributed by atoms with Gasteiger partial charge >= 0.3 is 12.2 Å². The number of anilines is 3. The number of amides is 2. The fourth-order valence-electron chi connectivity index (χ4n) is 2.94. The molecule has 1 aliphatic rings. The van der Waals surface area contributed by atoms with Gasteiger partial charge in [0.25, 0.3) is 0 Å². The fraction of sp³-hybridized carbons (Fsp3) is 0.421. The van der Waals surface area contributed by atoms with Gasteiger partial charge in [0.05, 0.1) is 24.5 Å². The van der Waals surface area contributed by atoms with Crippen molar-refractivity contribution in [3.05, 3.63) is 41.6 Å². The van der Waals surface area contributed by atoms with Crippen molar-refractivity contribution in [1.82, 2.24) is 15.3 Å². The van der Waals surface area contributed by atoms with Crippen LogP contribution in [0, 0.1) is 6.92 Å². The Balaban J connectivity index is 1.49. The third kappa shape index (κ3) is 5.96. The Morgan fingerprint density at radius 1 is 1.17 bits per heavy atom. The van der Waals surface area contributed by atoms with Crippen molar-refractivity contribution >= 4 is 23.5 Å². The minimum Gasteiger partial charge on any atom is -0.378 e. The predicted octanol–water partition coefficient (Wildman–Crippen LogP) is 2.87. The quantitative estimate of drug-likeness (QED) is 0.618. The van der Waals surface area contributed by atoms with E-state index >= 15 is 0 Å². The standard InChI is InChI=1S/C19H23F3N6O2/c1-13-12-16(28-8-10-30-11-9-28)27-17(25-13)23-6-7-24-18(29)26-15-5-3-2-4-14(15)19(20,21)22/h2-5,12H,6-11H2,1H3,(H,23,25,27)(H2,24,26,29). The average Bonchev–Trinajstić information content (AvgIpc) is 2.71. The maximum absolute atomic E-state index is 13.0. The van der Waals surface area contributed by atoms with E-state index in [0.717, 1.165) is 30.7 Å². The molecule has 0 spiro atoms. The molecular weight excluding hydrogens is 401 g/mol. The van der Waals surface area contributed by atoms with E-state index < -0.39 is 17.8 Å². The number of urea groups is 1. The van der Waals surface area contributed by atoms with Crippen molar-refractivity contribution in [3.8, 4) is 0 Å². The Labute approximate surface area is 171 Å². The Hall–Kier alpha value is -3.08. The summed E-state index contributed by atoms with van der Waals surface area (Å²) in [5, 5.41) is 7.76. The highest BCUT2D eigenvalue weighted by atomic mass is 19.4. The van der Waals surface area contributed by atoms with Crippen LogP contribution >= 0.6 is 0 Å². The summed E-state index contributed by atoms with van der Waals surface area (Å²) in [5.41, 5.74) is -0.404. The van der Waals surface area contributed by atoms with Crippen LogP contribution in [0.25, 0.3) is 0 Å². The molecule has 1 aromatic carbocycles. The Kier molecular flexibility index (Phi) is 6.93. The van der Waals surface area contributed by atoms with Crippen LogP contribution in [-0.4, -0.2) is 55.4 Å². The maximum Gasteiger partial charge on any atom is 0.418 e. The lowest BCUT2D eigenvalue weighted by Crippen LogP contribution is -2.37. The van der Waals surface area contributed by atoms with Crippen LogP contribution in [0.1, 0.15) is 11.3 Å². The molecule has 3 rings (SSSR count). The molecule has 2 heterocycles. The second-order valence-electron chi connectivity index (χ2n) is 6.64. The van der Waals surface area contributed by atoms with Crippen LogP contribution in [0.2, 0.25) is 0 Å². The number of nitrogens with zero attached hydrogens (tertiary/aromatic N) is 3.